The Morgan fingerprint density at radius 1 is 0.519 bits per heavy atom. The van der Waals surface area contributed by atoms with Crippen LogP contribution in [-0.2, 0) is 19.2 Å². The average molecular weight is 691 g/mol. The maximum atomic E-state index is 13.0. The summed E-state index contributed by atoms with van der Waals surface area (Å²) in [5, 5.41) is 0. The summed E-state index contributed by atoms with van der Waals surface area (Å²) in [6.07, 6.45) is 2.08. The molecule has 0 amide bonds. The molecule has 0 spiro atoms. The lowest BCUT2D eigenvalue weighted by molar-refractivity contribution is -0.130. The molecule has 0 aliphatic carbocycles. The maximum absolute atomic E-state index is 13.0. The van der Waals surface area contributed by atoms with E-state index < -0.39 is 23.9 Å². The number of carbonyl (C=O) groups is 5. The lowest BCUT2D eigenvalue weighted by atomic mass is 10.0. The van der Waals surface area contributed by atoms with Gasteiger partial charge in [0.15, 0.2) is 17.3 Å². The van der Waals surface area contributed by atoms with Crippen LogP contribution in [0.1, 0.15) is 52.0 Å². The van der Waals surface area contributed by atoms with Crippen LogP contribution in [0.2, 0.25) is 0 Å². The lowest BCUT2D eigenvalue weighted by Crippen LogP contribution is -2.12. The van der Waals surface area contributed by atoms with Crippen LogP contribution in [0.4, 0.5) is 0 Å². The molecule has 0 aromatic heterocycles. The van der Waals surface area contributed by atoms with Gasteiger partial charge in [-0.15, -0.1) is 0 Å². The summed E-state index contributed by atoms with van der Waals surface area (Å²) in [5.74, 6) is 9.33. The highest BCUT2D eigenvalue weighted by Gasteiger charge is 2.18. The van der Waals surface area contributed by atoms with E-state index in [-0.39, 0.29) is 45.5 Å². The van der Waals surface area contributed by atoms with Gasteiger partial charge in [0, 0.05) is 51.1 Å². The third-order valence-corrected chi connectivity index (χ3v) is 6.74. The van der Waals surface area contributed by atoms with Gasteiger partial charge in [0.1, 0.15) is 17.1 Å². The molecule has 4 aromatic carbocycles. The standard InChI is InChI=1S/C43H30O9/c1-7-39(44)49-34-20-13-30(14-21-34)15-24-36-37(51-42(47)27(3)4)25-31(26-38(36)52-43(48)28(5)6)10-9-29-11-16-32(17-12-29)41(46)33-18-22-35(23-19-33)50-40(45)8-2/h7-8,11-14,16-23,25-26H,1-3,5H2,4,6H3. The first kappa shape index (κ1) is 37.3. The summed E-state index contributed by atoms with van der Waals surface area (Å²) in [5.41, 5.74) is 2.46. The predicted molar refractivity (Wildman–Crippen MR) is 194 cm³/mol. The van der Waals surface area contributed by atoms with Crippen molar-refractivity contribution in [3.05, 3.63) is 168 Å². The van der Waals surface area contributed by atoms with Crippen LogP contribution < -0.4 is 18.9 Å². The van der Waals surface area contributed by atoms with Crippen LogP contribution in [0.3, 0.4) is 0 Å². The number of esters is 4. The molecule has 9 nitrogen and oxygen atoms in total. The molecule has 0 radical (unpaired) electrons. The molecular formula is C43H30O9. The number of hydrogen-bond donors (Lipinski definition) is 0. The first-order valence-corrected chi connectivity index (χ1v) is 15.4. The molecule has 52 heavy (non-hydrogen) atoms. The molecule has 0 aliphatic rings. The molecule has 0 bridgehead atoms. The SMILES string of the molecule is C=CC(=O)Oc1ccc(C#Cc2c(OC(=O)C(=C)C)cc(C#Cc3ccc(C(=O)c4ccc(OC(=O)C=C)cc4)cc3)cc2OC(=O)C(=C)C)cc1. The fraction of sp³-hybridized carbons (Fsp3) is 0.0465. The number of hydrogen-bond acceptors (Lipinski definition) is 9. The summed E-state index contributed by atoms with van der Waals surface area (Å²) in [6, 6.07) is 21.9. The first-order valence-electron chi connectivity index (χ1n) is 15.4. The molecule has 0 fully saturated rings. The molecule has 256 valence electrons. The van der Waals surface area contributed by atoms with Crippen molar-refractivity contribution in [3.8, 4) is 46.7 Å². The smallest absolute Gasteiger partial charge is 0.338 e. The van der Waals surface area contributed by atoms with Crippen LogP contribution in [0.25, 0.3) is 0 Å². The van der Waals surface area contributed by atoms with Crippen molar-refractivity contribution in [2.45, 2.75) is 13.8 Å². The Balaban J connectivity index is 1.68. The highest BCUT2D eigenvalue weighted by atomic mass is 16.6. The van der Waals surface area contributed by atoms with E-state index in [9.17, 15) is 24.0 Å². The van der Waals surface area contributed by atoms with Crippen molar-refractivity contribution >= 4 is 29.7 Å². The monoisotopic (exact) mass is 690 g/mol. The topological polar surface area (TPSA) is 122 Å². The van der Waals surface area contributed by atoms with Crippen LogP contribution in [0.5, 0.6) is 23.0 Å². The van der Waals surface area contributed by atoms with Crippen molar-refractivity contribution in [3.63, 3.8) is 0 Å². The summed E-state index contributed by atoms with van der Waals surface area (Å²) < 4.78 is 21.4. The lowest BCUT2D eigenvalue weighted by Gasteiger charge is -2.12. The molecule has 0 N–H and O–H groups in total. The quantitative estimate of drug-likeness (QED) is 0.0577. The highest BCUT2D eigenvalue weighted by Crippen LogP contribution is 2.31. The van der Waals surface area contributed by atoms with Gasteiger partial charge in [-0.2, -0.15) is 0 Å². The van der Waals surface area contributed by atoms with Crippen LogP contribution in [0.15, 0.2) is 135 Å². The van der Waals surface area contributed by atoms with Gasteiger partial charge in [-0.3, -0.25) is 4.79 Å². The van der Waals surface area contributed by atoms with Crippen LogP contribution in [-0.4, -0.2) is 29.7 Å². The van der Waals surface area contributed by atoms with Crippen molar-refractivity contribution in [1.29, 1.82) is 0 Å². The second-order valence-electron chi connectivity index (χ2n) is 10.9. The van der Waals surface area contributed by atoms with Crippen molar-refractivity contribution in [2.75, 3.05) is 0 Å². The Morgan fingerprint density at radius 3 is 1.31 bits per heavy atom. The van der Waals surface area contributed by atoms with Gasteiger partial charge >= 0.3 is 23.9 Å². The number of carbonyl (C=O) groups excluding carboxylic acids is 5. The Morgan fingerprint density at radius 2 is 0.885 bits per heavy atom. The second-order valence-corrected chi connectivity index (χ2v) is 10.9. The fourth-order valence-corrected chi connectivity index (χ4v) is 4.07. The minimum atomic E-state index is -0.744. The van der Waals surface area contributed by atoms with E-state index in [0.29, 0.717) is 27.8 Å². The van der Waals surface area contributed by atoms with Gasteiger partial charge in [0.2, 0.25) is 0 Å². The van der Waals surface area contributed by atoms with Crippen molar-refractivity contribution in [1.82, 2.24) is 0 Å². The van der Waals surface area contributed by atoms with E-state index in [4.69, 9.17) is 18.9 Å². The van der Waals surface area contributed by atoms with Gasteiger partial charge in [-0.05, 0) is 98.8 Å². The third-order valence-electron chi connectivity index (χ3n) is 6.74. The Kier molecular flexibility index (Phi) is 12.4. The van der Waals surface area contributed by atoms with E-state index >= 15 is 0 Å². The van der Waals surface area contributed by atoms with Gasteiger partial charge in [-0.25, -0.2) is 19.2 Å². The number of ketones is 1. The second kappa shape index (κ2) is 17.3. The van der Waals surface area contributed by atoms with Crippen molar-refractivity contribution in [2.24, 2.45) is 0 Å². The van der Waals surface area contributed by atoms with E-state index in [1.54, 1.807) is 60.7 Å². The zero-order valence-corrected chi connectivity index (χ0v) is 28.2. The number of ether oxygens (including phenoxy) is 4. The molecule has 0 heterocycles. The van der Waals surface area contributed by atoms with Gasteiger partial charge in [-0.1, -0.05) is 50.0 Å². The molecule has 4 aromatic rings. The molecule has 0 saturated heterocycles. The minimum Gasteiger partial charge on any atom is -0.423 e. The van der Waals surface area contributed by atoms with E-state index in [2.05, 4.69) is 50.0 Å². The van der Waals surface area contributed by atoms with Crippen LogP contribution >= 0.6 is 0 Å². The molecule has 4 rings (SSSR count). The third kappa shape index (κ3) is 10.3. The first-order chi connectivity index (χ1) is 24.9. The van der Waals surface area contributed by atoms with Gasteiger partial charge < -0.3 is 18.9 Å². The Hall–Kier alpha value is -7.49. The van der Waals surface area contributed by atoms with E-state index in [0.717, 1.165) is 12.2 Å². The predicted octanol–water partition coefficient (Wildman–Crippen LogP) is 6.86. The van der Waals surface area contributed by atoms with Gasteiger partial charge in [0.05, 0.1) is 0 Å². The summed E-state index contributed by atoms with van der Waals surface area (Å²) in [7, 11) is 0. The minimum absolute atomic E-state index is 0.0421. The Labute approximate surface area is 300 Å². The largest absolute Gasteiger partial charge is 0.423 e. The summed E-state index contributed by atoms with van der Waals surface area (Å²) >= 11 is 0. The molecule has 0 saturated carbocycles. The number of benzene rings is 4. The van der Waals surface area contributed by atoms with Crippen molar-refractivity contribution < 1.29 is 42.9 Å². The Bertz CT molecular complexity index is 2200. The van der Waals surface area contributed by atoms with E-state index in [1.807, 2.05) is 0 Å². The molecule has 9 heteroatoms. The average Bonchev–Trinajstić information content (AvgIpc) is 3.14. The van der Waals surface area contributed by atoms with E-state index in [1.165, 1.54) is 38.1 Å². The fourth-order valence-electron chi connectivity index (χ4n) is 4.07. The normalized spacial score (nSPS) is 9.73. The summed E-state index contributed by atoms with van der Waals surface area (Å²) in [6.45, 7) is 16.9. The highest BCUT2D eigenvalue weighted by molar-refractivity contribution is 6.09. The number of rotatable bonds is 10. The molecule has 0 aliphatic heterocycles. The summed E-state index contributed by atoms with van der Waals surface area (Å²) in [4.78, 5) is 61.3. The molecule has 0 unspecified atom stereocenters. The molecular weight excluding hydrogens is 660 g/mol. The zero-order valence-electron chi connectivity index (χ0n) is 28.2. The van der Waals surface area contributed by atoms with Crippen LogP contribution in [0, 0.1) is 23.7 Å². The maximum Gasteiger partial charge on any atom is 0.338 e. The van der Waals surface area contributed by atoms with Gasteiger partial charge in [0.25, 0.3) is 0 Å². The molecule has 0 atom stereocenters. The zero-order chi connectivity index (χ0) is 37.8.